The summed E-state index contributed by atoms with van der Waals surface area (Å²) in [4.78, 5) is 0. The molecule has 0 aliphatic carbocycles. The van der Waals surface area contributed by atoms with Gasteiger partial charge in [-0.05, 0) is 37.6 Å². The first-order valence-corrected chi connectivity index (χ1v) is 4.99. The Bertz CT molecular complexity index is 336. The number of allylic oxidation sites excluding steroid dienone is 1. The standard InChI is InChI=1S/C12H16FNO/c1-2-3-6-15-12-8-10(4-5-14)7-11(13)9-12/h2-3,7-9H,4-6,14H2,1H3/b3-2+. The number of nitrogens with two attached hydrogens (primary N) is 1. The maximum atomic E-state index is 13.1. The fourth-order valence-corrected chi connectivity index (χ4v) is 1.26. The van der Waals surface area contributed by atoms with Crippen LogP contribution < -0.4 is 10.5 Å². The monoisotopic (exact) mass is 209 g/mol. The van der Waals surface area contributed by atoms with Gasteiger partial charge in [0, 0.05) is 6.07 Å². The molecular weight excluding hydrogens is 193 g/mol. The Labute approximate surface area is 89.6 Å². The van der Waals surface area contributed by atoms with Crippen molar-refractivity contribution in [2.75, 3.05) is 13.2 Å². The van der Waals surface area contributed by atoms with Gasteiger partial charge in [0.15, 0.2) is 0 Å². The highest BCUT2D eigenvalue weighted by atomic mass is 19.1. The first-order chi connectivity index (χ1) is 7.26. The van der Waals surface area contributed by atoms with Crippen LogP contribution in [-0.4, -0.2) is 13.2 Å². The molecule has 0 aliphatic heterocycles. The van der Waals surface area contributed by atoms with Crippen LogP contribution in [-0.2, 0) is 6.42 Å². The summed E-state index contributed by atoms with van der Waals surface area (Å²) < 4.78 is 18.5. The van der Waals surface area contributed by atoms with E-state index >= 15 is 0 Å². The van der Waals surface area contributed by atoms with Crippen molar-refractivity contribution in [2.24, 2.45) is 5.73 Å². The van der Waals surface area contributed by atoms with E-state index in [9.17, 15) is 4.39 Å². The zero-order valence-electron chi connectivity index (χ0n) is 8.87. The molecule has 0 spiro atoms. The number of halogens is 1. The molecule has 82 valence electrons. The number of benzene rings is 1. The van der Waals surface area contributed by atoms with E-state index in [4.69, 9.17) is 10.5 Å². The lowest BCUT2D eigenvalue weighted by Gasteiger charge is -2.06. The highest BCUT2D eigenvalue weighted by molar-refractivity contribution is 5.30. The molecule has 0 amide bonds. The lowest BCUT2D eigenvalue weighted by molar-refractivity contribution is 0.360. The molecule has 0 unspecified atom stereocenters. The van der Waals surface area contributed by atoms with Crippen LogP contribution in [0.5, 0.6) is 5.75 Å². The Morgan fingerprint density at radius 3 is 2.87 bits per heavy atom. The van der Waals surface area contributed by atoms with Gasteiger partial charge in [0.25, 0.3) is 0 Å². The van der Waals surface area contributed by atoms with Crippen molar-refractivity contribution in [1.29, 1.82) is 0 Å². The van der Waals surface area contributed by atoms with Gasteiger partial charge in [-0.15, -0.1) is 0 Å². The minimum absolute atomic E-state index is 0.281. The van der Waals surface area contributed by atoms with Gasteiger partial charge in [0.05, 0.1) is 0 Å². The van der Waals surface area contributed by atoms with Crippen LogP contribution in [0.4, 0.5) is 4.39 Å². The van der Waals surface area contributed by atoms with E-state index in [1.807, 2.05) is 25.1 Å². The molecule has 2 N–H and O–H groups in total. The summed E-state index contributed by atoms with van der Waals surface area (Å²) in [5.74, 6) is 0.271. The van der Waals surface area contributed by atoms with Crippen molar-refractivity contribution >= 4 is 0 Å². The molecule has 15 heavy (non-hydrogen) atoms. The molecule has 0 aliphatic rings. The summed E-state index contributed by atoms with van der Waals surface area (Å²) in [6.45, 7) is 2.88. The lowest BCUT2D eigenvalue weighted by Crippen LogP contribution is -2.03. The maximum Gasteiger partial charge on any atom is 0.127 e. The molecule has 2 nitrogen and oxygen atoms in total. The first-order valence-electron chi connectivity index (χ1n) is 4.99. The number of hydrogen-bond acceptors (Lipinski definition) is 2. The third kappa shape index (κ3) is 4.13. The third-order valence-corrected chi connectivity index (χ3v) is 1.95. The molecule has 0 aromatic heterocycles. The van der Waals surface area contributed by atoms with Gasteiger partial charge in [-0.3, -0.25) is 0 Å². The van der Waals surface area contributed by atoms with Gasteiger partial charge >= 0.3 is 0 Å². The smallest absolute Gasteiger partial charge is 0.127 e. The fraction of sp³-hybridized carbons (Fsp3) is 0.333. The summed E-state index contributed by atoms with van der Waals surface area (Å²) in [6, 6.07) is 4.68. The van der Waals surface area contributed by atoms with E-state index in [1.54, 1.807) is 0 Å². The van der Waals surface area contributed by atoms with Crippen LogP contribution in [0.15, 0.2) is 30.4 Å². The van der Waals surface area contributed by atoms with Crippen molar-refractivity contribution in [3.05, 3.63) is 41.7 Å². The Morgan fingerprint density at radius 2 is 2.20 bits per heavy atom. The average Bonchev–Trinajstić information content (AvgIpc) is 2.18. The van der Waals surface area contributed by atoms with Crippen molar-refractivity contribution in [1.82, 2.24) is 0 Å². The molecule has 0 saturated carbocycles. The molecule has 3 heteroatoms. The molecule has 0 saturated heterocycles. The van der Waals surface area contributed by atoms with E-state index in [0.29, 0.717) is 25.3 Å². The second-order valence-corrected chi connectivity index (χ2v) is 3.21. The van der Waals surface area contributed by atoms with Crippen LogP contribution in [0, 0.1) is 5.82 Å². The van der Waals surface area contributed by atoms with Gasteiger partial charge in [0.1, 0.15) is 18.2 Å². The van der Waals surface area contributed by atoms with Crippen LogP contribution in [0.3, 0.4) is 0 Å². The predicted molar refractivity (Wildman–Crippen MR) is 59.5 cm³/mol. The molecule has 0 radical (unpaired) electrons. The third-order valence-electron chi connectivity index (χ3n) is 1.95. The van der Waals surface area contributed by atoms with Crippen molar-refractivity contribution in [3.63, 3.8) is 0 Å². The van der Waals surface area contributed by atoms with Crippen molar-refractivity contribution in [3.8, 4) is 5.75 Å². The first kappa shape index (κ1) is 11.7. The zero-order chi connectivity index (χ0) is 11.1. The van der Waals surface area contributed by atoms with Gasteiger partial charge in [-0.25, -0.2) is 4.39 Å². The van der Waals surface area contributed by atoms with Gasteiger partial charge in [0.2, 0.25) is 0 Å². The van der Waals surface area contributed by atoms with E-state index in [2.05, 4.69) is 0 Å². The fourth-order valence-electron chi connectivity index (χ4n) is 1.26. The van der Waals surface area contributed by atoms with Crippen LogP contribution >= 0.6 is 0 Å². The number of rotatable bonds is 5. The van der Waals surface area contributed by atoms with E-state index in [-0.39, 0.29) is 5.82 Å². The summed E-state index contributed by atoms with van der Waals surface area (Å²) in [6.07, 6.45) is 4.42. The molecule has 0 atom stereocenters. The highest BCUT2D eigenvalue weighted by Gasteiger charge is 2.00. The lowest BCUT2D eigenvalue weighted by atomic mass is 10.1. The van der Waals surface area contributed by atoms with E-state index in [0.717, 1.165) is 5.56 Å². The number of hydrogen-bond donors (Lipinski definition) is 1. The van der Waals surface area contributed by atoms with Gasteiger partial charge in [-0.2, -0.15) is 0 Å². The Balaban J connectivity index is 2.70. The molecular formula is C12H16FNO. The maximum absolute atomic E-state index is 13.1. The number of ether oxygens (including phenoxy) is 1. The molecule has 1 aromatic carbocycles. The minimum atomic E-state index is -0.281. The highest BCUT2D eigenvalue weighted by Crippen LogP contribution is 2.16. The van der Waals surface area contributed by atoms with Crippen LogP contribution in [0.25, 0.3) is 0 Å². The SMILES string of the molecule is C/C=C/COc1cc(F)cc(CCN)c1. The molecule has 1 rings (SSSR count). The summed E-state index contributed by atoms with van der Waals surface area (Å²) in [5.41, 5.74) is 6.28. The van der Waals surface area contributed by atoms with Crippen molar-refractivity contribution in [2.45, 2.75) is 13.3 Å². The molecule has 0 bridgehead atoms. The van der Waals surface area contributed by atoms with Crippen LogP contribution in [0.1, 0.15) is 12.5 Å². The normalized spacial score (nSPS) is 10.9. The average molecular weight is 209 g/mol. The largest absolute Gasteiger partial charge is 0.489 e. The second kappa shape index (κ2) is 6.19. The minimum Gasteiger partial charge on any atom is -0.489 e. The second-order valence-electron chi connectivity index (χ2n) is 3.21. The molecule has 0 heterocycles. The Hall–Kier alpha value is -1.35. The van der Waals surface area contributed by atoms with Crippen LogP contribution in [0.2, 0.25) is 0 Å². The molecule has 1 aromatic rings. The van der Waals surface area contributed by atoms with E-state index < -0.39 is 0 Å². The summed E-state index contributed by atoms with van der Waals surface area (Å²) >= 11 is 0. The van der Waals surface area contributed by atoms with E-state index in [1.165, 1.54) is 12.1 Å². The Morgan fingerprint density at radius 1 is 1.40 bits per heavy atom. The zero-order valence-corrected chi connectivity index (χ0v) is 8.87. The quantitative estimate of drug-likeness (QED) is 0.755. The summed E-state index contributed by atoms with van der Waals surface area (Å²) in [5, 5.41) is 0. The van der Waals surface area contributed by atoms with Crippen molar-refractivity contribution < 1.29 is 9.13 Å². The van der Waals surface area contributed by atoms with Gasteiger partial charge in [-0.1, -0.05) is 12.2 Å². The topological polar surface area (TPSA) is 35.2 Å². The van der Waals surface area contributed by atoms with Gasteiger partial charge < -0.3 is 10.5 Å². The summed E-state index contributed by atoms with van der Waals surface area (Å²) in [7, 11) is 0. The predicted octanol–water partition coefficient (Wildman–Crippen LogP) is 2.28. The Kier molecular flexibility index (Phi) is 4.84. The molecule has 0 fully saturated rings.